The first-order valence-electron chi connectivity index (χ1n) is 8.01. The molecule has 1 aromatic carbocycles. The summed E-state index contributed by atoms with van der Waals surface area (Å²) >= 11 is 0. The molecule has 128 valence electrons. The summed E-state index contributed by atoms with van der Waals surface area (Å²) in [7, 11) is 0. The molecule has 0 radical (unpaired) electrons. The number of hydrogen-bond donors (Lipinski definition) is 1. The molecule has 0 spiro atoms. The van der Waals surface area contributed by atoms with Crippen LogP contribution >= 0.6 is 0 Å². The van der Waals surface area contributed by atoms with E-state index in [0.29, 0.717) is 5.56 Å². The summed E-state index contributed by atoms with van der Waals surface area (Å²) in [6.45, 7) is 7.50. The first-order valence-corrected chi connectivity index (χ1v) is 8.01. The Morgan fingerprint density at radius 3 is 2.46 bits per heavy atom. The van der Waals surface area contributed by atoms with Gasteiger partial charge in [-0.05, 0) is 57.5 Å². The zero-order valence-electron chi connectivity index (χ0n) is 14.5. The van der Waals surface area contributed by atoms with Gasteiger partial charge in [0.15, 0.2) is 6.61 Å². The third-order valence-corrected chi connectivity index (χ3v) is 3.71. The quantitative estimate of drug-likeness (QED) is 0.827. The van der Waals surface area contributed by atoms with Gasteiger partial charge in [-0.15, -0.1) is 0 Å². The van der Waals surface area contributed by atoms with Gasteiger partial charge in [0.25, 0.3) is 5.91 Å². The van der Waals surface area contributed by atoms with E-state index in [1.165, 1.54) is 0 Å². The minimum atomic E-state index is -0.519. The molecule has 6 nitrogen and oxygen atoms in total. The van der Waals surface area contributed by atoms with Crippen LogP contribution in [0.5, 0.6) is 0 Å². The van der Waals surface area contributed by atoms with E-state index in [0.717, 1.165) is 23.5 Å². The van der Waals surface area contributed by atoms with E-state index in [2.05, 4.69) is 10.4 Å². The first kappa shape index (κ1) is 17.7. The number of rotatable bonds is 6. The van der Waals surface area contributed by atoms with Crippen molar-refractivity contribution < 1.29 is 14.3 Å². The number of carbonyl (C=O) groups excluding carboxylic acids is 2. The number of ether oxygens (including phenoxy) is 1. The van der Waals surface area contributed by atoms with Gasteiger partial charge >= 0.3 is 5.97 Å². The number of esters is 1. The fourth-order valence-electron chi connectivity index (χ4n) is 2.26. The van der Waals surface area contributed by atoms with Crippen LogP contribution in [0.15, 0.2) is 30.3 Å². The standard InChI is InChI=1S/C18H23N3O3/c1-5-12(2)19-17(22)11-24-18(23)15-6-8-16(9-7-15)21-14(4)10-13(3)20-21/h6-10,12H,5,11H2,1-4H3,(H,19,22)/t12-/m1/s1. The molecule has 0 unspecified atom stereocenters. The number of hydrogen-bond acceptors (Lipinski definition) is 4. The Labute approximate surface area is 141 Å². The lowest BCUT2D eigenvalue weighted by Gasteiger charge is -2.11. The van der Waals surface area contributed by atoms with Gasteiger partial charge in [-0.1, -0.05) is 6.92 Å². The van der Waals surface area contributed by atoms with E-state index in [1.807, 2.05) is 38.4 Å². The van der Waals surface area contributed by atoms with Crippen molar-refractivity contribution in [1.29, 1.82) is 0 Å². The summed E-state index contributed by atoms with van der Waals surface area (Å²) in [5, 5.41) is 7.15. The molecule has 0 saturated heterocycles. The smallest absolute Gasteiger partial charge is 0.338 e. The van der Waals surface area contributed by atoms with E-state index in [1.54, 1.807) is 24.3 Å². The predicted molar refractivity (Wildman–Crippen MR) is 91.2 cm³/mol. The van der Waals surface area contributed by atoms with Crippen LogP contribution in [0.2, 0.25) is 0 Å². The Balaban J connectivity index is 1.96. The van der Waals surface area contributed by atoms with Crippen molar-refractivity contribution in [2.24, 2.45) is 0 Å². The van der Waals surface area contributed by atoms with Gasteiger partial charge in [0.1, 0.15) is 0 Å². The molecule has 1 atom stereocenters. The molecule has 1 N–H and O–H groups in total. The fraction of sp³-hybridized carbons (Fsp3) is 0.389. The number of amides is 1. The van der Waals surface area contributed by atoms with Crippen molar-refractivity contribution in [1.82, 2.24) is 15.1 Å². The van der Waals surface area contributed by atoms with Crippen LogP contribution in [0.3, 0.4) is 0 Å². The molecule has 0 bridgehead atoms. The second-order valence-electron chi connectivity index (χ2n) is 5.84. The number of nitrogens with one attached hydrogen (secondary N) is 1. The molecular weight excluding hydrogens is 306 g/mol. The number of nitrogens with zero attached hydrogens (tertiary/aromatic N) is 2. The van der Waals surface area contributed by atoms with Gasteiger partial charge in [0, 0.05) is 11.7 Å². The van der Waals surface area contributed by atoms with Gasteiger partial charge < -0.3 is 10.1 Å². The molecule has 2 rings (SSSR count). The zero-order chi connectivity index (χ0) is 17.7. The average Bonchev–Trinajstić information content (AvgIpc) is 2.91. The maximum atomic E-state index is 12.0. The van der Waals surface area contributed by atoms with Crippen molar-refractivity contribution in [3.8, 4) is 5.69 Å². The van der Waals surface area contributed by atoms with Crippen LogP contribution in [0, 0.1) is 13.8 Å². The molecule has 6 heteroatoms. The Morgan fingerprint density at radius 2 is 1.92 bits per heavy atom. The number of carbonyl (C=O) groups is 2. The molecule has 24 heavy (non-hydrogen) atoms. The van der Waals surface area contributed by atoms with Gasteiger partial charge in [0.2, 0.25) is 0 Å². The first-order chi connectivity index (χ1) is 11.4. The molecule has 0 saturated carbocycles. The average molecular weight is 329 g/mol. The van der Waals surface area contributed by atoms with Gasteiger partial charge in [-0.25, -0.2) is 9.48 Å². The van der Waals surface area contributed by atoms with Crippen molar-refractivity contribution in [2.75, 3.05) is 6.61 Å². The predicted octanol–water partition coefficient (Wildman–Crippen LogP) is 2.56. The lowest BCUT2D eigenvalue weighted by molar-refractivity contribution is -0.124. The minimum Gasteiger partial charge on any atom is -0.452 e. The number of aromatic nitrogens is 2. The Morgan fingerprint density at radius 1 is 1.25 bits per heavy atom. The summed E-state index contributed by atoms with van der Waals surface area (Å²) in [5.41, 5.74) is 3.22. The van der Waals surface area contributed by atoms with Gasteiger partial charge in [-0.3, -0.25) is 4.79 Å². The lowest BCUT2D eigenvalue weighted by Crippen LogP contribution is -2.35. The minimum absolute atomic E-state index is 0.0660. The lowest BCUT2D eigenvalue weighted by atomic mass is 10.2. The highest BCUT2D eigenvalue weighted by atomic mass is 16.5. The Kier molecular flexibility index (Phi) is 5.73. The SMILES string of the molecule is CC[C@@H](C)NC(=O)COC(=O)c1ccc(-n2nc(C)cc2C)cc1. The monoisotopic (exact) mass is 329 g/mol. The molecule has 1 amide bonds. The Hall–Kier alpha value is -2.63. The van der Waals surface area contributed by atoms with Crippen LogP contribution in [0.4, 0.5) is 0 Å². The van der Waals surface area contributed by atoms with E-state index in [4.69, 9.17) is 4.74 Å². The molecular formula is C18H23N3O3. The normalized spacial score (nSPS) is 11.8. The topological polar surface area (TPSA) is 73.2 Å². The molecule has 1 aromatic heterocycles. The number of aryl methyl sites for hydroxylation is 2. The van der Waals surface area contributed by atoms with Crippen LogP contribution in [-0.2, 0) is 9.53 Å². The molecule has 0 aliphatic rings. The van der Waals surface area contributed by atoms with E-state index in [-0.39, 0.29) is 18.6 Å². The maximum absolute atomic E-state index is 12.0. The highest BCUT2D eigenvalue weighted by Crippen LogP contribution is 2.13. The van der Waals surface area contributed by atoms with Crippen LogP contribution in [-0.4, -0.2) is 34.3 Å². The Bertz CT molecular complexity index is 720. The van der Waals surface area contributed by atoms with Crippen LogP contribution in [0.1, 0.15) is 42.0 Å². The summed E-state index contributed by atoms with van der Waals surface area (Å²) in [6.07, 6.45) is 0.827. The zero-order valence-corrected chi connectivity index (χ0v) is 14.5. The van der Waals surface area contributed by atoms with Crippen LogP contribution < -0.4 is 5.32 Å². The van der Waals surface area contributed by atoms with Crippen molar-refractivity contribution >= 4 is 11.9 Å². The van der Waals surface area contributed by atoms with E-state index < -0.39 is 5.97 Å². The summed E-state index contributed by atoms with van der Waals surface area (Å²) < 4.78 is 6.84. The summed E-state index contributed by atoms with van der Waals surface area (Å²) in [4.78, 5) is 23.6. The fourth-order valence-corrected chi connectivity index (χ4v) is 2.26. The van der Waals surface area contributed by atoms with Crippen LogP contribution in [0.25, 0.3) is 5.69 Å². The highest BCUT2D eigenvalue weighted by Gasteiger charge is 2.12. The third-order valence-electron chi connectivity index (χ3n) is 3.71. The van der Waals surface area contributed by atoms with Crippen molar-refractivity contribution in [3.63, 3.8) is 0 Å². The molecule has 0 aliphatic carbocycles. The largest absolute Gasteiger partial charge is 0.452 e. The molecule has 2 aromatic rings. The van der Waals surface area contributed by atoms with E-state index >= 15 is 0 Å². The summed E-state index contributed by atoms with van der Waals surface area (Å²) in [5.74, 6) is -0.814. The van der Waals surface area contributed by atoms with Crippen molar-refractivity contribution in [3.05, 3.63) is 47.3 Å². The second kappa shape index (κ2) is 7.77. The maximum Gasteiger partial charge on any atom is 0.338 e. The van der Waals surface area contributed by atoms with Gasteiger partial charge in [-0.2, -0.15) is 5.10 Å². The molecule has 0 fully saturated rings. The highest BCUT2D eigenvalue weighted by molar-refractivity contribution is 5.91. The van der Waals surface area contributed by atoms with Gasteiger partial charge in [0.05, 0.1) is 16.9 Å². The van der Waals surface area contributed by atoms with Crippen molar-refractivity contribution in [2.45, 2.75) is 40.2 Å². The molecule has 1 heterocycles. The number of benzene rings is 1. The molecule has 0 aliphatic heterocycles. The third kappa shape index (κ3) is 4.44. The second-order valence-corrected chi connectivity index (χ2v) is 5.84. The summed E-state index contributed by atoms with van der Waals surface area (Å²) in [6, 6.07) is 8.99. The van der Waals surface area contributed by atoms with E-state index in [9.17, 15) is 9.59 Å².